The maximum absolute atomic E-state index is 11.1. The third-order valence-corrected chi connectivity index (χ3v) is 3.65. The topological polar surface area (TPSA) is 92.9 Å². The average molecular weight is 340 g/mol. The second-order valence-corrected chi connectivity index (χ2v) is 5.08. The van der Waals surface area contributed by atoms with Crippen molar-refractivity contribution < 1.29 is 28.2 Å². The van der Waals surface area contributed by atoms with Gasteiger partial charge < -0.3 is 23.4 Å². The number of carbonyl (C=O) groups excluding carboxylic acids is 1. The fourth-order valence-electron chi connectivity index (χ4n) is 1.77. The van der Waals surface area contributed by atoms with Crippen LogP contribution < -0.4 is 14.2 Å². The molecule has 0 amide bonds. The van der Waals surface area contributed by atoms with Gasteiger partial charge in [0.25, 0.3) is 5.22 Å². The molecule has 124 valence electrons. The van der Waals surface area contributed by atoms with Gasteiger partial charge in [-0.15, -0.1) is 10.2 Å². The highest BCUT2D eigenvalue weighted by atomic mass is 32.2. The van der Waals surface area contributed by atoms with Gasteiger partial charge in [0.2, 0.25) is 11.6 Å². The molecular formula is C14H16N2O6S. The summed E-state index contributed by atoms with van der Waals surface area (Å²) >= 11 is 1.09. The van der Waals surface area contributed by atoms with Crippen LogP contribution in [0, 0.1) is 0 Å². The van der Waals surface area contributed by atoms with Crippen molar-refractivity contribution in [1.82, 2.24) is 10.2 Å². The van der Waals surface area contributed by atoms with Gasteiger partial charge in [0.1, 0.15) is 5.75 Å². The van der Waals surface area contributed by atoms with Gasteiger partial charge in [-0.3, -0.25) is 4.79 Å². The van der Waals surface area contributed by atoms with E-state index in [1.807, 2.05) is 0 Å². The molecule has 2 aromatic rings. The Kier molecular flexibility index (Phi) is 5.69. The van der Waals surface area contributed by atoms with Crippen molar-refractivity contribution in [3.63, 3.8) is 0 Å². The number of thioether (sulfide) groups is 1. The molecule has 0 aliphatic carbocycles. The first-order valence-electron chi connectivity index (χ1n) is 6.46. The number of carbonyl (C=O) groups is 1. The van der Waals surface area contributed by atoms with E-state index in [0.29, 0.717) is 22.8 Å². The van der Waals surface area contributed by atoms with Gasteiger partial charge >= 0.3 is 5.97 Å². The average Bonchev–Trinajstić information content (AvgIpc) is 3.07. The summed E-state index contributed by atoms with van der Waals surface area (Å²) < 4.78 is 25.9. The summed E-state index contributed by atoms with van der Waals surface area (Å²) in [5, 5.41) is 8.10. The molecule has 0 fully saturated rings. The number of hydrogen-bond donors (Lipinski definition) is 0. The highest BCUT2D eigenvalue weighted by Gasteiger charge is 2.18. The number of ether oxygens (including phenoxy) is 4. The predicted molar refractivity (Wildman–Crippen MR) is 82.1 cm³/mol. The molecule has 0 aliphatic rings. The normalized spacial score (nSPS) is 10.3. The lowest BCUT2D eigenvalue weighted by molar-refractivity contribution is -0.137. The van der Waals surface area contributed by atoms with Crippen LogP contribution >= 0.6 is 11.8 Å². The van der Waals surface area contributed by atoms with Crippen LogP contribution in [0.15, 0.2) is 21.8 Å². The summed E-state index contributed by atoms with van der Waals surface area (Å²) in [6.45, 7) is 0. The molecule has 0 bridgehead atoms. The van der Waals surface area contributed by atoms with Crippen molar-refractivity contribution in [2.75, 3.05) is 34.2 Å². The van der Waals surface area contributed by atoms with Crippen LogP contribution in [-0.4, -0.2) is 50.4 Å². The monoisotopic (exact) mass is 340 g/mol. The van der Waals surface area contributed by atoms with Gasteiger partial charge in [-0.25, -0.2) is 0 Å². The summed E-state index contributed by atoms with van der Waals surface area (Å²) in [5.74, 6) is 1.42. The number of hydrogen-bond acceptors (Lipinski definition) is 9. The molecule has 0 unspecified atom stereocenters. The molecule has 1 heterocycles. The zero-order valence-electron chi connectivity index (χ0n) is 13.1. The molecule has 2 rings (SSSR count). The zero-order valence-corrected chi connectivity index (χ0v) is 13.9. The maximum Gasteiger partial charge on any atom is 0.316 e. The van der Waals surface area contributed by atoms with Crippen molar-refractivity contribution in [1.29, 1.82) is 0 Å². The van der Waals surface area contributed by atoms with Crippen LogP contribution in [0.2, 0.25) is 0 Å². The third-order valence-electron chi connectivity index (χ3n) is 2.86. The Balaban J connectivity index is 2.28. The minimum absolute atomic E-state index is 0.0907. The molecule has 0 spiro atoms. The number of nitrogens with zero attached hydrogens (tertiary/aromatic N) is 2. The Hall–Kier alpha value is -2.42. The van der Waals surface area contributed by atoms with E-state index in [0.717, 1.165) is 11.8 Å². The van der Waals surface area contributed by atoms with Gasteiger partial charge in [-0.1, -0.05) is 11.8 Å². The highest BCUT2D eigenvalue weighted by Crippen LogP contribution is 2.41. The van der Waals surface area contributed by atoms with E-state index in [4.69, 9.17) is 18.6 Å². The molecule has 0 saturated heterocycles. The standard InChI is InChI=1S/C14H16N2O6S/c1-18-9-5-8(6-10(19-2)12(9)21-4)13-15-16-14(22-13)23-7-11(17)20-3/h5-6H,7H2,1-4H3. The van der Waals surface area contributed by atoms with E-state index in [2.05, 4.69) is 14.9 Å². The van der Waals surface area contributed by atoms with E-state index >= 15 is 0 Å². The largest absolute Gasteiger partial charge is 0.493 e. The lowest BCUT2D eigenvalue weighted by Gasteiger charge is -2.12. The predicted octanol–water partition coefficient (Wildman–Crippen LogP) is 2.03. The van der Waals surface area contributed by atoms with Crippen molar-refractivity contribution in [2.45, 2.75) is 5.22 Å². The summed E-state index contributed by atoms with van der Waals surface area (Å²) in [5.41, 5.74) is 0.608. The molecule has 0 saturated carbocycles. The SMILES string of the molecule is COC(=O)CSc1nnc(-c2cc(OC)c(OC)c(OC)c2)o1. The molecule has 1 aromatic carbocycles. The minimum atomic E-state index is -0.373. The van der Waals surface area contributed by atoms with Crippen LogP contribution in [-0.2, 0) is 9.53 Å². The molecule has 8 nitrogen and oxygen atoms in total. The first kappa shape index (κ1) is 16.9. The van der Waals surface area contributed by atoms with Crippen LogP contribution in [0.5, 0.6) is 17.2 Å². The molecule has 23 heavy (non-hydrogen) atoms. The molecule has 9 heteroatoms. The first-order valence-corrected chi connectivity index (χ1v) is 7.45. The number of esters is 1. The Morgan fingerprint density at radius 2 is 1.74 bits per heavy atom. The Labute approximate surface area is 137 Å². The summed E-state index contributed by atoms with van der Waals surface area (Å²) in [6.07, 6.45) is 0. The number of aromatic nitrogens is 2. The quantitative estimate of drug-likeness (QED) is 0.554. The Bertz CT molecular complexity index is 663. The van der Waals surface area contributed by atoms with Gasteiger partial charge in [0, 0.05) is 5.56 Å². The molecule has 0 radical (unpaired) electrons. The summed E-state index contributed by atoms with van der Waals surface area (Å²) in [4.78, 5) is 11.1. The smallest absolute Gasteiger partial charge is 0.316 e. The molecule has 1 aromatic heterocycles. The number of rotatable bonds is 7. The highest BCUT2D eigenvalue weighted by molar-refractivity contribution is 7.99. The van der Waals surface area contributed by atoms with Gasteiger partial charge in [-0.2, -0.15) is 0 Å². The van der Waals surface area contributed by atoms with Crippen LogP contribution in [0.25, 0.3) is 11.5 Å². The van der Waals surface area contributed by atoms with Crippen molar-refractivity contribution >= 4 is 17.7 Å². The van der Waals surface area contributed by atoms with E-state index in [1.54, 1.807) is 12.1 Å². The number of methoxy groups -OCH3 is 4. The van der Waals surface area contributed by atoms with Crippen LogP contribution in [0.4, 0.5) is 0 Å². The van der Waals surface area contributed by atoms with Gasteiger partial charge in [0.15, 0.2) is 11.5 Å². The van der Waals surface area contributed by atoms with Crippen molar-refractivity contribution in [2.24, 2.45) is 0 Å². The Morgan fingerprint density at radius 1 is 1.09 bits per heavy atom. The van der Waals surface area contributed by atoms with Gasteiger partial charge in [0.05, 0.1) is 28.4 Å². The van der Waals surface area contributed by atoms with Crippen LogP contribution in [0.3, 0.4) is 0 Å². The van der Waals surface area contributed by atoms with Crippen LogP contribution in [0.1, 0.15) is 0 Å². The molecular weight excluding hydrogens is 324 g/mol. The van der Waals surface area contributed by atoms with Crippen molar-refractivity contribution in [3.05, 3.63) is 12.1 Å². The minimum Gasteiger partial charge on any atom is -0.493 e. The molecule has 0 atom stereocenters. The molecule has 0 aliphatic heterocycles. The zero-order chi connectivity index (χ0) is 16.8. The van der Waals surface area contributed by atoms with E-state index in [1.165, 1.54) is 28.4 Å². The second-order valence-electron chi connectivity index (χ2n) is 4.15. The first-order chi connectivity index (χ1) is 11.1. The summed E-state index contributed by atoms with van der Waals surface area (Å²) in [7, 11) is 5.88. The molecule has 0 N–H and O–H groups in total. The van der Waals surface area contributed by atoms with E-state index in [-0.39, 0.29) is 22.8 Å². The maximum atomic E-state index is 11.1. The third kappa shape index (κ3) is 3.86. The number of benzene rings is 1. The lowest BCUT2D eigenvalue weighted by atomic mass is 10.2. The van der Waals surface area contributed by atoms with E-state index < -0.39 is 0 Å². The lowest BCUT2D eigenvalue weighted by Crippen LogP contribution is -2.02. The van der Waals surface area contributed by atoms with Gasteiger partial charge in [-0.05, 0) is 12.1 Å². The van der Waals surface area contributed by atoms with E-state index in [9.17, 15) is 4.79 Å². The second kappa shape index (κ2) is 7.73. The summed E-state index contributed by atoms with van der Waals surface area (Å²) in [6, 6.07) is 3.40. The Morgan fingerprint density at radius 3 is 2.26 bits per heavy atom. The fourth-order valence-corrected chi connectivity index (χ4v) is 2.36. The fraction of sp³-hybridized carbons (Fsp3) is 0.357. The van der Waals surface area contributed by atoms with Crippen molar-refractivity contribution in [3.8, 4) is 28.7 Å².